The zero-order valence-corrected chi connectivity index (χ0v) is 11.1. The van der Waals surface area contributed by atoms with Crippen LogP contribution < -0.4 is 5.32 Å². The molecule has 1 heterocycles. The van der Waals surface area contributed by atoms with Crippen LogP contribution >= 0.6 is 0 Å². The van der Waals surface area contributed by atoms with E-state index >= 15 is 0 Å². The molecule has 1 atom stereocenters. The van der Waals surface area contributed by atoms with Crippen molar-refractivity contribution in [2.45, 2.75) is 45.1 Å². The summed E-state index contributed by atoms with van der Waals surface area (Å²) in [6.07, 6.45) is 7.42. The minimum atomic E-state index is -0.992. The highest BCUT2D eigenvalue weighted by Gasteiger charge is 2.19. The number of aromatic nitrogens is 1. The van der Waals surface area contributed by atoms with E-state index in [1.807, 2.05) is 0 Å². The molecule has 0 bridgehead atoms. The number of unbranched alkanes of at least 4 members (excludes halogenated alkanes) is 3. The minimum absolute atomic E-state index is 0.377. The van der Waals surface area contributed by atoms with Crippen LogP contribution in [0.5, 0.6) is 0 Å². The quantitative estimate of drug-likeness (QED) is 0.706. The molecule has 1 amide bonds. The maximum absolute atomic E-state index is 11.8. The summed E-state index contributed by atoms with van der Waals surface area (Å²) >= 11 is 0. The molecule has 104 valence electrons. The predicted octanol–water partition coefficient (Wildman–Crippen LogP) is 2.23. The average molecular weight is 264 g/mol. The average Bonchev–Trinajstić information content (AvgIpc) is 2.42. The Bertz CT molecular complexity index is 406. The molecule has 0 radical (unpaired) electrons. The maximum Gasteiger partial charge on any atom is 0.326 e. The summed E-state index contributed by atoms with van der Waals surface area (Å²) in [6.45, 7) is 2.10. The Labute approximate surface area is 113 Å². The van der Waals surface area contributed by atoms with Gasteiger partial charge in [0.25, 0.3) is 5.91 Å². The topological polar surface area (TPSA) is 79.3 Å². The van der Waals surface area contributed by atoms with E-state index in [0.717, 1.165) is 25.7 Å². The molecule has 0 saturated heterocycles. The van der Waals surface area contributed by atoms with Gasteiger partial charge < -0.3 is 10.4 Å². The van der Waals surface area contributed by atoms with E-state index in [0.29, 0.717) is 12.0 Å². The summed E-state index contributed by atoms with van der Waals surface area (Å²) in [4.78, 5) is 26.8. The Kier molecular flexibility index (Phi) is 6.57. The number of nitrogens with zero attached hydrogens (tertiary/aromatic N) is 1. The van der Waals surface area contributed by atoms with Crippen LogP contribution in [0.25, 0.3) is 0 Å². The van der Waals surface area contributed by atoms with Gasteiger partial charge in [0.15, 0.2) is 0 Å². The van der Waals surface area contributed by atoms with Crippen molar-refractivity contribution in [3.8, 4) is 0 Å². The molecule has 0 aliphatic heterocycles. The van der Waals surface area contributed by atoms with Gasteiger partial charge in [-0.3, -0.25) is 9.78 Å². The highest BCUT2D eigenvalue weighted by molar-refractivity contribution is 5.96. The van der Waals surface area contributed by atoms with Crippen LogP contribution in [0.4, 0.5) is 0 Å². The molecular weight excluding hydrogens is 244 g/mol. The molecule has 0 spiro atoms. The summed E-state index contributed by atoms with van der Waals surface area (Å²) in [6, 6.07) is 2.43. The summed E-state index contributed by atoms with van der Waals surface area (Å²) in [7, 11) is 0. The highest BCUT2D eigenvalue weighted by Crippen LogP contribution is 2.07. The Morgan fingerprint density at radius 2 is 2.16 bits per heavy atom. The second kappa shape index (κ2) is 8.24. The van der Waals surface area contributed by atoms with Crippen LogP contribution in [-0.2, 0) is 4.79 Å². The first-order valence-corrected chi connectivity index (χ1v) is 6.58. The number of rotatable bonds is 8. The van der Waals surface area contributed by atoms with Crippen molar-refractivity contribution >= 4 is 11.9 Å². The number of carboxylic acid groups (broad SMARTS) is 1. The first-order chi connectivity index (χ1) is 9.15. The second-order valence-corrected chi connectivity index (χ2v) is 4.46. The van der Waals surface area contributed by atoms with Crippen molar-refractivity contribution in [2.75, 3.05) is 0 Å². The Morgan fingerprint density at radius 1 is 1.37 bits per heavy atom. The highest BCUT2D eigenvalue weighted by atomic mass is 16.4. The zero-order chi connectivity index (χ0) is 14.1. The molecule has 0 aromatic carbocycles. The molecule has 1 rings (SSSR count). The van der Waals surface area contributed by atoms with Crippen molar-refractivity contribution in [3.05, 3.63) is 30.1 Å². The maximum atomic E-state index is 11.8. The van der Waals surface area contributed by atoms with Crippen molar-refractivity contribution in [2.24, 2.45) is 0 Å². The summed E-state index contributed by atoms with van der Waals surface area (Å²) in [5, 5.41) is 11.6. The van der Waals surface area contributed by atoms with Gasteiger partial charge in [0, 0.05) is 12.4 Å². The van der Waals surface area contributed by atoms with E-state index in [4.69, 9.17) is 5.11 Å². The minimum Gasteiger partial charge on any atom is -0.480 e. The van der Waals surface area contributed by atoms with Gasteiger partial charge in [0.1, 0.15) is 6.04 Å². The van der Waals surface area contributed by atoms with Gasteiger partial charge in [0.05, 0.1) is 5.56 Å². The number of aliphatic carboxylic acids is 1. The number of carboxylic acids is 1. The fourth-order valence-electron chi connectivity index (χ4n) is 1.77. The first kappa shape index (κ1) is 15.1. The van der Waals surface area contributed by atoms with Crippen LogP contribution in [0.15, 0.2) is 24.5 Å². The third-order valence-electron chi connectivity index (χ3n) is 2.87. The first-order valence-electron chi connectivity index (χ1n) is 6.58. The second-order valence-electron chi connectivity index (χ2n) is 4.46. The van der Waals surface area contributed by atoms with E-state index in [1.54, 1.807) is 18.3 Å². The van der Waals surface area contributed by atoms with Crippen LogP contribution in [0, 0.1) is 0 Å². The lowest BCUT2D eigenvalue weighted by Crippen LogP contribution is -2.40. The number of nitrogens with one attached hydrogen (secondary N) is 1. The van der Waals surface area contributed by atoms with Crippen LogP contribution in [0.2, 0.25) is 0 Å². The lowest BCUT2D eigenvalue weighted by atomic mass is 10.1. The SMILES string of the molecule is CCCCCC[C@@H](NC(=O)c1cccnc1)C(=O)O. The van der Waals surface area contributed by atoms with Gasteiger partial charge in [-0.05, 0) is 18.6 Å². The molecule has 2 N–H and O–H groups in total. The third-order valence-corrected chi connectivity index (χ3v) is 2.87. The van der Waals surface area contributed by atoms with E-state index in [1.165, 1.54) is 6.20 Å². The molecule has 0 unspecified atom stereocenters. The van der Waals surface area contributed by atoms with E-state index in [9.17, 15) is 9.59 Å². The molecule has 5 heteroatoms. The Hall–Kier alpha value is -1.91. The van der Waals surface area contributed by atoms with Gasteiger partial charge in [-0.15, -0.1) is 0 Å². The number of amides is 1. The molecule has 0 aliphatic rings. The number of hydrogen-bond acceptors (Lipinski definition) is 3. The van der Waals surface area contributed by atoms with E-state index in [2.05, 4.69) is 17.2 Å². The Morgan fingerprint density at radius 3 is 2.74 bits per heavy atom. The molecule has 19 heavy (non-hydrogen) atoms. The Balaban J connectivity index is 2.49. The van der Waals surface area contributed by atoms with Crippen LogP contribution in [-0.4, -0.2) is 28.0 Å². The van der Waals surface area contributed by atoms with Crippen molar-refractivity contribution in [1.29, 1.82) is 0 Å². The normalized spacial score (nSPS) is 11.8. The van der Waals surface area contributed by atoms with Gasteiger partial charge in [-0.25, -0.2) is 4.79 Å². The fraction of sp³-hybridized carbons (Fsp3) is 0.500. The predicted molar refractivity (Wildman–Crippen MR) is 71.9 cm³/mol. The van der Waals surface area contributed by atoms with Gasteiger partial charge >= 0.3 is 5.97 Å². The lowest BCUT2D eigenvalue weighted by molar-refractivity contribution is -0.139. The number of carbonyl (C=O) groups is 2. The summed E-state index contributed by atoms with van der Waals surface area (Å²) in [5.41, 5.74) is 0.377. The standard InChI is InChI=1S/C14H20N2O3/c1-2-3-4-5-8-12(14(18)19)16-13(17)11-7-6-9-15-10-11/h6-7,9-10,12H,2-5,8H2,1H3,(H,16,17)(H,18,19)/t12-/m1/s1. The largest absolute Gasteiger partial charge is 0.480 e. The molecule has 1 aromatic heterocycles. The van der Waals surface area contributed by atoms with Crippen molar-refractivity contribution < 1.29 is 14.7 Å². The molecule has 5 nitrogen and oxygen atoms in total. The van der Waals surface area contributed by atoms with Crippen LogP contribution in [0.3, 0.4) is 0 Å². The molecule has 0 saturated carbocycles. The van der Waals surface area contributed by atoms with Crippen molar-refractivity contribution in [3.63, 3.8) is 0 Å². The lowest BCUT2D eigenvalue weighted by Gasteiger charge is -2.14. The molecule has 0 fully saturated rings. The van der Waals surface area contributed by atoms with Gasteiger partial charge in [-0.2, -0.15) is 0 Å². The fourth-order valence-corrected chi connectivity index (χ4v) is 1.77. The molecular formula is C14H20N2O3. The number of pyridine rings is 1. The molecule has 1 aromatic rings. The van der Waals surface area contributed by atoms with E-state index in [-0.39, 0.29) is 0 Å². The van der Waals surface area contributed by atoms with Crippen LogP contribution in [0.1, 0.15) is 49.4 Å². The summed E-state index contributed by atoms with van der Waals surface area (Å²) in [5.74, 6) is -1.38. The number of hydrogen-bond donors (Lipinski definition) is 2. The molecule has 0 aliphatic carbocycles. The van der Waals surface area contributed by atoms with E-state index < -0.39 is 17.9 Å². The zero-order valence-electron chi connectivity index (χ0n) is 11.1. The van der Waals surface area contributed by atoms with Crippen molar-refractivity contribution in [1.82, 2.24) is 10.3 Å². The summed E-state index contributed by atoms with van der Waals surface area (Å²) < 4.78 is 0. The smallest absolute Gasteiger partial charge is 0.326 e. The monoisotopic (exact) mass is 264 g/mol. The third kappa shape index (κ3) is 5.50. The number of carbonyl (C=O) groups excluding carboxylic acids is 1. The van der Waals surface area contributed by atoms with Gasteiger partial charge in [-0.1, -0.05) is 32.6 Å². The van der Waals surface area contributed by atoms with Gasteiger partial charge in [0.2, 0.25) is 0 Å².